The third-order valence-corrected chi connectivity index (χ3v) is 4.79. The molecule has 2 N–H and O–H groups in total. The van der Waals surface area contributed by atoms with Gasteiger partial charge in [-0.1, -0.05) is 0 Å². The molecule has 1 aromatic heterocycles. The molecule has 0 spiro atoms. The van der Waals surface area contributed by atoms with Gasteiger partial charge in [-0.2, -0.15) is 11.3 Å². The van der Waals surface area contributed by atoms with Crippen LogP contribution in [0.5, 0.6) is 0 Å². The maximum Gasteiger partial charge on any atom is 0.223 e. The van der Waals surface area contributed by atoms with Crippen molar-refractivity contribution in [3.05, 3.63) is 22.4 Å². The fourth-order valence-corrected chi connectivity index (χ4v) is 3.68. The maximum atomic E-state index is 11.3. The van der Waals surface area contributed by atoms with Crippen molar-refractivity contribution in [3.63, 3.8) is 0 Å². The molecule has 0 aliphatic heterocycles. The van der Waals surface area contributed by atoms with Crippen LogP contribution in [0.4, 0.5) is 0 Å². The third-order valence-electron chi connectivity index (χ3n) is 4.06. The molecule has 1 atom stereocenters. The molecule has 3 fully saturated rings. The normalized spacial score (nSPS) is 38.6. The Bertz CT molecular complexity index is 365. The van der Waals surface area contributed by atoms with Crippen LogP contribution in [0.15, 0.2) is 16.8 Å². The number of carbonyl (C=O) groups is 1. The summed E-state index contributed by atoms with van der Waals surface area (Å²) < 4.78 is 0. The second-order valence-corrected chi connectivity index (χ2v) is 5.41. The van der Waals surface area contributed by atoms with E-state index >= 15 is 0 Å². The monoisotopic (exact) mass is 207 g/mol. The smallest absolute Gasteiger partial charge is 0.223 e. The Morgan fingerprint density at radius 3 is 2.86 bits per heavy atom. The highest BCUT2D eigenvalue weighted by molar-refractivity contribution is 7.07. The summed E-state index contributed by atoms with van der Waals surface area (Å²) in [7, 11) is 0. The highest BCUT2D eigenvalue weighted by atomic mass is 32.1. The lowest BCUT2D eigenvalue weighted by atomic mass is 9.36. The van der Waals surface area contributed by atoms with Crippen LogP contribution >= 0.6 is 11.3 Å². The predicted molar refractivity (Wildman–Crippen MR) is 55.9 cm³/mol. The Morgan fingerprint density at radius 1 is 1.64 bits per heavy atom. The van der Waals surface area contributed by atoms with Crippen molar-refractivity contribution in [2.24, 2.45) is 23.0 Å². The first-order chi connectivity index (χ1) is 6.72. The summed E-state index contributed by atoms with van der Waals surface area (Å²) in [5, 5.41) is 4.27. The lowest BCUT2D eigenvalue weighted by Gasteiger charge is -2.66. The highest BCUT2D eigenvalue weighted by Gasteiger charge is 2.68. The van der Waals surface area contributed by atoms with Crippen molar-refractivity contribution in [1.82, 2.24) is 0 Å². The van der Waals surface area contributed by atoms with Crippen LogP contribution in [0.1, 0.15) is 18.4 Å². The minimum Gasteiger partial charge on any atom is -0.369 e. The fraction of sp³-hybridized carbons (Fsp3) is 0.545. The van der Waals surface area contributed by atoms with E-state index in [0.29, 0.717) is 5.92 Å². The minimum atomic E-state index is -0.105. The maximum absolute atomic E-state index is 11.3. The Morgan fingerprint density at radius 2 is 2.43 bits per heavy atom. The zero-order valence-corrected chi connectivity index (χ0v) is 8.72. The summed E-state index contributed by atoms with van der Waals surface area (Å²) in [6.07, 6.45) is 3.16. The third kappa shape index (κ3) is 0.883. The number of rotatable bonds is 3. The van der Waals surface area contributed by atoms with E-state index in [1.54, 1.807) is 11.3 Å². The summed E-state index contributed by atoms with van der Waals surface area (Å²) in [4.78, 5) is 11.3. The van der Waals surface area contributed by atoms with Crippen molar-refractivity contribution < 1.29 is 4.79 Å². The zero-order valence-electron chi connectivity index (χ0n) is 7.90. The van der Waals surface area contributed by atoms with Gasteiger partial charge in [0.15, 0.2) is 0 Å². The van der Waals surface area contributed by atoms with Crippen LogP contribution in [-0.2, 0) is 11.2 Å². The van der Waals surface area contributed by atoms with Gasteiger partial charge in [0.2, 0.25) is 5.91 Å². The van der Waals surface area contributed by atoms with Crippen molar-refractivity contribution in [1.29, 1.82) is 0 Å². The average Bonchev–Trinajstić information content (AvgIpc) is 2.47. The fourth-order valence-electron chi connectivity index (χ4n) is 3.00. The quantitative estimate of drug-likeness (QED) is 0.807. The van der Waals surface area contributed by atoms with Gasteiger partial charge in [0.1, 0.15) is 0 Å². The summed E-state index contributed by atoms with van der Waals surface area (Å²) in [5.74, 6) is 1.26. The molecule has 74 valence electrons. The first-order valence-corrected chi connectivity index (χ1v) is 5.98. The van der Waals surface area contributed by atoms with Crippen molar-refractivity contribution in [2.75, 3.05) is 0 Å². The van der Waals surface area contributed by atoms with E-state index in [-0.39, 0.29) is 11.3 Å². The Kier molecular flexibility index (Phi) is 1.57. The number of hydrogen-bond donors (Lipinski definition) is 1. The van der Waals surface area contributed by atoms with Gasteiger partial charge in [0, 0.05) is 0 Å². The molecular weight excluding hydrogens is 194 g/mol. The van der Waals surface area contributed by atoms with E-state index in [2.05, 4.69) is 16.8 Å². The predicted octanol–water partition coefficient (Wildman–Crippen LogP) is 1.80. The number of hydrogen-bond acceptors (Lipinski definition) is 2. The van der Waals surface area contributed by atoms with Crippen LogP contribution in [0.25, 0.3) is 0 Å². The molecule has 1 amide bonds. The summed E-state index contributed by atoms with van der Waals surface area (Å²) in [6, 6.07) is 2.15. The van der Waals surface area contributed by atoms with Gasteiger partial charge in [-0.15, -0.1) is 0 Å². The number of primary amides is 1. The first-order valence-electron chi connectivity index (χ1n) is 5.03. The molecule has 1 heterocycles. The van der Waals surface area contributed by atoms with Crippen LogP contribution in [-0.4, -0.2) is 5.91 Å². The Hall–Kier alpha value is -0.830. The molecule has 3 aliphatic rings. The van der Waals surface area contributed by atoms with Gasteiger partial charge in [0.25, 0.3) is 0 Å². The number of nitrogens with two attached hydrogens (primary N) is 1. The SMILES string of the molecule is NC(=O)C12CC(C1)C2Cc1ccsc1. The average molecular weight is 207 g/mol. The van der Waals surface area contributed by atoms with Gasteiger partial charge in [0.05, 0.1) is 5.41 Å². The van der Waals surface area contributed by atoms with Gasteiger partial charge < -0.3 is 5.73 Å². The van der Waals surface area contributed by atoms with Crippen LogP contribution < -0.4 is 5.73 Å². The number of amides is 1. The van der Waals surface area contributed by atoms with Gasteiger partial charge >= 0.3 is 0 Å². The van der Waals surface area contributed by atoms with E-state index < -0.39 is 0 Å². The van der Waals surface area contributed by atoms with E-state index in [0.717, 1.165) is 25.2 Å². The summed E-state index contributed by atoms with van der Waals surface area (Å²) in [5.41, 5.74) is 6.72. The van der Waals surface area contributed by atoms with E-state index in [9.17, 15) is 4.79 Å². The van der Waals surface area contributed by atoms with E-state index in [1.807, 2.05) is 0 Å². The van der Waals surface area contributed by atoms with Crippen LogP contribution in [0, 0.1) is 17.3 Å². The lowest BCUT2D eigenvalue weighted by Crippen LogP contribution is -2.67. The molecule has 0 radical (unpaired) electrons. The van der Waals surface area contributed by atoms with E-state index in [4.69, 9.17) is 5.73 Å². The molecule has 1 aromatic rings. The molecule has 2 bridgehead atoms. The van der Waals surface area contributed by atoms with Crippen molar-refractivity contribution in [3.8, 4) is 0 Å². The highest BCUT2D eigenvalue weighted by Crippen LogP contribution is 2.69. The molecule has 3 aliphatic carbocycles. The van der Waals surface area contributed by atoms with Crippen LogP contribution in [0.3, 0.4) is 0 Å². The topological polar surface area (TPSA) is 43.1 Å². The second-order valence-electron chi connectivity index (χ2n) is 4.63. The lowest BCUT2D eigenvalue weighted by molar-refractivity contribution is -0.195. The molecule has 0 aromatic carbocycles. The van der Waals surface area contributed by atoms with Gasteiger partial charge in [-0.25, -0.2) is 0 Å². The standard InChI is InChI=1S/C11H13NOS/c12-10(13)11-4-8(5-11)9(11)3-7-1-2-14-6-7/h1-2,6,8-9H,3-5H2,(H2,12,13). The first kappa shape index (κ1) is 8.48. The summed E-state index contributed by atoms with van der Waals surface area (Å²) in [6.45, 7) is 0. The summed E-state index contributed by atoms with van der Waals surface area (Å²) >= 11 is 1.72. The molecular formula is C11H13NOS. The van der Waals surface area contributed by atoms with Crippen LogP contribution in [0.2, 0.25) is 0 Å². The Balaban J connectivity index is 1.74. The molecule has 4 rings (SSSR count). The number of carbonyl (C=O) groups excluding carboxylic acids is 1. The molecule has 14 heavy (non-hydrogen) atoms. The van der Waals surface area contributed by atoms with E-state index in [1.165, 1.54) is 5.56 Å². The molecule has 1 unspecified atom stereocenters. The zero-order chi connectivity index (χ0) is 9.76. The van der Waals surface area contributed by atoms with Gasteiger partial charge in [-0.3, -0.25) is 4.79 Å². The Labute approximate surface area is 87.1 Å². The van der Waals surface area contributed by atoms with Crippen molar-refractivity contribution >= 4 is 17.2 Å². The molecule has 3 saturated carbocycles. The van der Waals surface area contributed by atoms with Crippen molar-refractivity contribution in [2.45, 2.75) is 19.3 Å². The molecule has 3 heteroatoms. The second kappa shape index (κ2) is 2.60. The number of thiophene rings is 1. The molecule has 0 saturated heterocycles. The van der Waals surface area contributed by atoms with Gasteiger partial charge in [-0.05, 0) is 53.5 Å². The molecule has 2 nitrogen and oxygen atoms in total. The minimum absolute atomic E-state index is 0.0692. The largest absolute Gasteiger partial charge is 0.369 e.